The number of carbonyl (C=O) groups excluding carboxylic acids is 2. The van der Waals surface area contributed by atoms with Crippen molar-refractivity contribution in [1.29, 1.82) is 0 Å². The van der Waals surface area contributed by atoms with E-state index >= 15 is 0 Å². The molecule has 142 valence electrons. The maximum Gasteiger partial charge on any atom is 0.239 e. The fourth-order valence-electron chi connectivity index (χ4n) is 2.78. The number of likely N-dealkylation sites (N-methyl/N-ethyl adjacent to an activating group) is 1. The van der Waals surface area contributed by atoms with Crippen LogP contribution < -0.4 is 14.8 Å². The minimum absolute atomic E-state index is 0.166. The Hall–Kier alpha value is -3.09. The molecule has 0 atom stereocenters. The van der Waals surface area contributed by atoms with E-state index in [1.165, 1.54) is 0 Å². The Morgan fingerprint density at radius 1 is 1.15 bits per heavy atom. The van der Waals surface area contributed by atoms with Crippen molar-refractivity contribution in [3.8, 4) is 11.5 Å². The Morgan fingerprint density at radius 2 is 1.85 bits per heavy atom. The lowest BCUT2D eigenvalue weighted by atomic mass is 9.90. The van der Waals surface area contributed by atoms with Gasteiger partial charge in [0.15, 0.2) is 11.5 Å². The highest BCUT2D eigenvalue weighted by Gasteiger charge is 2.38. The van der Waals surface area contributed by atoms with Gasteiger partial charge < -0.3 is 19.7 Å². The molecule has 0 unspecified atom stereocenters. The van der Waals surface area contributed by atoms with Gasteiger partial charge in [-0.25, -0.2) is 0 Å². The van der Waals surface area contributed by atoms with E-state index in [2.05, 4.69) is 10.3 Å². The Morgan fingerprint density at radius 3 is 2.59 bits per heavy atom. The van der Waals surface area contributed by atoms with E-state index in [9.17, 15) is 9.59 Å². The van der Waals surface area contributed by atoms with Crippen LogP contribution in [0.2, 0.25) is 0 Å². The lowest BCUT2D eigenvalue weighted by molar-refractivity contribution is -0.145. The zero-order valence-corrected chi connectivity index (χ0v) is 15.7. The van der Waals surface area contributed by atoms with E-state index in [-0.39, 0.29) is 18.6 Å². The highest BCUT2D eigenvalue weighted by molar-refractivity contribution is 6.09. The summed E-state index contributed by atoms with van der Waals surface area (Å²) in [5, 5.41) is 2.79. The first kappa shape index (κ1) is 18.7. The molecule has 2 amide bonds. The zero-order chi connectivity index (χ0) is 19.4. The third-order valence-electron chi connectivity index (χ3n) is 4.56. The third kappa shape index (κ3) is 4.19. The maximum absolute atomic E-state index is 12.8. The molecule has 1 aromatic carbocycles. The van der Waals surface area contributed by atoms with Crippen molar-refractivity contribution >= 4 is 17.5 Å². The number of fused-ring (bicyclic) bond motifs is 1. The number of carbonyl (C=O) groups is 2. The Bertz CT molecular complexity index is 836. The van der Waals surface area contributed by atoms with Crippen LogP contribution >= 0.6 is 0 Å². The summed E-state index contributed by atoms with van der Waals surface area (Å²) in [7, 11) is 1.71. The summed E-state index contributed by atoms with van der Waals surface area (Å²) in [6, 6.07) is 8.96. The fraction of sp³-hybridized carbons (Fsp3) is 0.350. The van der Waals surface area contributed by atoms with E-state index in [1.54, 1.807) is 56.4 Å². The van der Waals surface area contributed by atoms with Crippen LogP contribution in [0, 0.1) is 5.41 Å². The number of nitrogens with zero attached hydrogens (tertiary/aromatic N) is 2. The van der Waals surface area contributed by atoms with Crippen molar-refractivity contribution < 1.29 is 19.1 Å². The molecule has 1 N–H and O–H groups in total. The molecule has 7 nitrogen and oxygen atoms in total. The molecule has 7 heteroatoms. The van der Waals surface area contributed by atoms with Crippen molar-refractivity contribution in [3.05, 3.63) is 48.3 Å². The summed E-state index contributed by atoms with van der Waals surface area (Å²) < 4.78 is 10.6. The molecule has 0 aliphatic carbocycles. The second-order valence-corrected chi connectivity index (χ2v) is 6.98. The molecule has 3 rings (SSSR count). The molecular weight excluding hydrogens is 346 g/mol. The van der Waals surface area contributed by atoms with Gasteiger partial charge in [0.1, 0.15) is 5.41 Å². The lowest BCUT2D eigenvalue weighted by Crippen LogP contribution is -2.46. The summed E-state index contributed by atoms with van der Waals surface area (Å²) in [6.07, 6.45) is 4.14. The number of hydrogen-bond acceptors (Lipinski definition) is 5. The molecule has 1 aliphatic rings. The van der Waals surface area contributed by atoms with Crippen LogP contribution in [0.3, 0.4) is 0 Å². The van der Waals surface area contributed by atoms with Gasteiger partial charge in [0, 0.05) is 37.7 Å². The van der Waals surface area contributed by atoms with Crippen LogP contribution in [0.1, 0.15) is 19.4 Å². The predicted octanol–water partition coefficient (Wildman–Crippen LogP) is 2.48. The monoisotopic (exact) mass is 369 g/mol. The molecule has 0 saturated heterocycles. The van der Waals surface area contributed by atoms with Gasteiger partial charge in [0.05, 0.1) is 0 Å². The van der Waals surface area contributed by atoms with Crippen LogP contribution in [0.25, 0.3) is 0 Å². The number of pyridine rings is 1. The summed E-state index contributed by atoms with van der Waals surface area (Å²) in [4.78, 5) is 31.1. The van der Waals surface area contributed by atoms with Gasteiger partial charge in [-0.15, -0.1) is 0 Å². The van der Waals surface area contributed by atoms with Crippen LogP contribution in [-0.2, 0) is 16.0 Å². The average Bonchev–Trinajstić information content (AvgIpc) is 3.14. The average molecular weight is 369 g/mol. The van der Waals surface area contributed by atoms with E-state index in [0.29, 0.717) is 30.2 Å². The minimum atomic E-state index is -1.20. The van der Waals surface area contributed by atoms with E-state index in [0.717, 1.165) is 5.56 Å². The Labute approximate surface area is 158 Å². The van der Waals surface area contributed by atoms with Gasteiger partial charge in [0.2, 0.25) is 18.6 Å². The van der Waals surface area contributed by atoms with E-state index < -0.39 is 5.41 Å². The summed E-state index contributed by atoms with van der Waals surface area (Å²) >= 11 is 0. The summed E-state index contributed by atoms with van der Waals surface area (Å²) in [5.41, 5.74) is 0.445. The van der Waals surface area contributed by atoms with Crippen LogP contribution in [-0.4, -0.2) is 42.1 Å². The highest BCUT2D eigenvalue weighted by atomic mass is 16.7. The third-order valence-corrected chi connectivity index (χ3v) is 4.56. The van der Waals surface area contributed by atoms with Gasteiger partial charge in [-0.1, -0.05) is 0 Å². The van der Waals surface area contributed by atoms with Crippen molar-refractivity contribution in [2.24, 2.45) is 5.41 Å². The van der Waals surface area contributed by atoms with Crippen molar-refractivity contribution in [2.45, 2.75) is 20.3 Å². The summed E-state index contributed by atoms with van der Waals surface area (Å²) in [6.45, 7) is 3.93. The number of rotatable bonds is 6. The topological polar surface area (TPSA) is 80.8 Å². The van der Waals surface area contributed by atoms with E-state index in [1.807, 2.05) is 12.1 Å². The molecule has 0 spiro atoms. The molecular formula is C20H23N3O4. The number of amides is 2. The number of anilines is 1. The number of ether oxygens (including phenoxy) is 2. The smallest absolute Gasteiger partial charge is 0.239 e. The highest BCUT2D eigenvalue weighted by Crippen LogP contribution is 2.34. The molecule has 1 aliphatic heterocycles. The van der Waals surface area contributed by atoms with Crippen molar-refractivity contribution in [2.75, 3.05) is 25.7 Å². The van der Waals surface area contributed by atoms with Crippen LogP contribution in [0.4, 0.5) is 5.69 Å². The molecule has 1 aromatic heterocycles. The SMILES string of the molecule is CN(CCc1ccncc1)C(=O)C(C)(C)C(=O)Nc1ccc2c(c1)OCO2. The first-order valence-electron chi connectivity index (χ1n) is 8.73. The quantitative estimate of drug-likeness (QED) is 0.791. The van der Waals surface area contributed by atoms with Gasteiger partial charge >= 0.3 is 0 Å². The second kappa shape index (κ2) is 7.65. The molecule has 2 aromatic rings. The Kier molecular flexibility index (Phi) is 5.30. The molecule has 0 saturated carbocycles. The van der Waals surface area contributed by atoms with Crippen molar-refractivity contribution in [1.82, 2.24) is 9.88 Å². The number of aromatic nitrogens is 1. The normalized spacial score (nSPS) is 12.6. The van der Waals surface area contributed by atoms with Gasteiger partial charge in [0.25, 0.3) is 0 Å². The predicted molar refractivity (Wildman–Crippen MR) is 101 cm³/mol. The molecule has 0 fully saturated rings. The van der Waals surface area contributed by atoms with Gasteiger partial charge in [-0.3, -0.25) is 14.6 Å². The molecule has 0 radical (unpaired) electrons. The number of benzene rings is 1. The summed E-state index contributed by atoms with van der Waals surface area (Å²) in [5.74, 6) is 0.600. The first-order valence-corrected chi connectivity index (χ1v) is 8.73. The molecule has 0 bridgehead atoms. The van der Waals surface area contributed by atoms with Crippen molar-refractivity contribution in [3.63, 3.8) is 0 Å². The first-order chi connectivity index (χ1) is 12.9. The maximum atomic E-state index is 12.8. The molecule has 2 heterocycles. The molecule has 27 heavy (non-hydrogen) atoms. The minimum Gasteiger partial charge on any atom is -0.454 e. The van der Waals surface area contributed by atoms with Gasteiger partial charge in [-0.2, -0.15) is 0 Å². The number of nitrogens with one attached hydrogen (secondary N) is 1. The second-order valence-electron chi connectivity index (χ2n) is 6.98. The van der Waals surface area contributed by atoms with Crippen LogP contribution in [0.5, 0.6) is 11.5 Å². The largest absolute Gasteiger partial charge is 0.454 e. The lowest BCUT2D eigenvalue weighted by Gasteiger charge is -2.28. The number of hydrogen-bond donors (Lipinski definition) is 1. The fourth-order valence-corrected chi connectivity index (χ4v) is 2.78. The van der Waals surface area contributed by atoms with Gasteiger partial charge in [-0.05, 0) is 50.1 Å². The Balaban J connectivity index is 1.61. The van der Waals surface area contributed by atoms with Crippen LogP contribution in [0.15, 0.2) is 42.7 Å². The zero-order valence-electron chi connectivity index (χ0n) is 15.7. The van der Waals surface area contributed by atoms with E-state index in [4.69, 9.17) is 9.47 Å². The standard InChI is InChI=1S/C20H23N3O4/c1-20(2,19(25)23(3)11-8-14-6-9-21-10-7-14)18(24)22-15-4-5-16-17(12-15)27-13-26-16/h4-7,9-10,12H,8,11,13H2,1-3H3,(H,22,24).